The predicted molar refractivity (Wildman–Crippen MR) is 77.2 cm³/mol. The van der Waals surface area contributed by atoms with E-state index in [-0.39, 0.29) is 18.1 Å². The van der Waals surface area contributed by atoms with Gasteiger partial charge in [0, 0.05) is 38.5 Å². The summed E-state index contributed by atoms with van der Waals surface area (Å²) in [6, 6.07) is 0.0972. The first-order valence-corrected chi connectivity index (χ1v) is 8.20. The lowest BCUT2D eigenvalue weighted by Gasteiger charge is -2.38. The summed E-state index contributed by atoms with van der Waals surface area (Å²) in [6.45, 7) is 6.26. The molecule has 0 amide bonds. The van der Waals surface area contributed by atoms with E-state index in [1.54, 1.807) is 0 Å². The minimum absolute atomic E-state index is 0.0395. The Morgan fingerprint density at radius 3 is 2.59 bits per heavy atom. The average Bonchev–Trinajstić information content (AvgIpc) is 3.12. The van der Waals surface area contributed by atoms with Crippen LogP contribution in [0.15, 0.2) is 4.52 Å². The van der Waals surface area contributed by atoms with Crippen molar-refractivity contribution in [1.82, 2.24) is 19.9 Å². The molecule has 1 saturated carbocycles. The van der Waals surface area contributed by atoms with Gasteiger partial charge in [-0.15, -0.1) is 0 Å². The van der Waals surface area contributed by atoms with Gasteiger partial charge in [-0.25, -0.2) is 0 Å². The fraction of sp³-hybridized carbons (Fsp3) is 0.800. The zero-order valence-electron chi connectivity index (χ0n) is 12.9. The molecular weight excluding hydrogens is 284 g/mol. The minimum Gasteiger partial charge on any atom is -0.464 e. The van der Waals surface area contributed by atoms with Crippen LogP contribution in [-0.4, -0.2) is 64.7 Å². The number of piperazine rings is 1. The molecule has 1 aromatic heterocycles. The van der Waals surface area contributed by atoms with Crippen LogP contribution in [0.1, 0.15) is 49.9 Å². The van der Waals surface area contributed by atoms with Gasteiger partial charge in [0.2, 0.25) is 5.89 Å². The van der Waals surface area contributed by atoms with Crippen LogP contribution in [0.3, 0.4) is 0 Å². The van der Waals surface area contributed by atoms with Crippen molar-refractivity contribution in [1.29, 1.82) is 0 Å². The van der Waals surface area contributed by atoms with Crippen LogP contribution < -0.4 is 0 Å². The zero-order chi connectivity index (χ0) is 15.1. The number of hydrogen-bond donors (Lipinski definition) is 0. The number of aromatic nitrogens is 2. The summed E-state index contributed by atoms with van der Waals surface area (Å²) in [5.74, 6) is 2.05. The summed E-state index contributed by atoms with van der Waals surface area (Å²) in [4.78, 5) is 20.8. The summed E-state index contributed by atoms with van der Waals surface area (Å²) in [5, 5.41) is 4.10. The number of rotatable bonds is 4. The number of carbonyl (C=O) groups excluding carboxylic acids is 1. The molecule has 2 aliphatic heterocycles. The lowest BCUT2D eigenvalue weighted by atomic mass is 10.1. The maximum atomic E-state index is 11.7. The maximum Gasteiger partial charge on any atom is 0.323 e. The summed E-state index contributed by atoms with van der Waals surface area (Å²) in [5.41, 5.74) is 0. The van der Waals surface area contributed by atoms with Crippen molar-refractivity contribution in [3.05, 3.63) is 11.7 Å². The topological polar surface area (TPSA) is 71.7 Å². The lowest BCUT2D eigenvalue weighted by Crippen LogP contribution is -2.52. The van der Waals surface area contributed by atoms with E-state index >= 15 is 0 Å². The van der Waals surface area contributed by atoms with Crippen LogP contribution >= 0.6 is 0 Å². The molecule has 0 spiro atoms. The van der Waals surface area contributed by atoms with Crippen molar-refractivity contribution < 1.29 is 14.1 Å². The maximum absolute atomic E-state index is 11.7. The molecule has 1 aliphatic carbocycles. The molecule has 0 N–H and O–H groups in total. The first kappa shape index (κ1) is 14.1. The highest BCUT2D eigenvalue weighted by molar-refractivity contribution is 5.77. The number of carbonyl (C=O) groups is 1. The van der Waals surface area contributed by atoms with Crippen molar-refractivity contribution >= 4 is 5.97 Å². The van der Waals surface area contributed by atoms with Crippen molar-refractivity contribution in [3.63, 3.8) is 0 Å². The standard InChI is InChI=1S/C15H22N4O3/c1-10(14-16-13(17-22-14)11-2-3-11)18-5-7-19(8-6-18)12-4-9-21-15(12)20/h10-12H,2-9H2,1H3/t10-,12-/m0/s1. The third-order valence-corrected chi connectivity index (χ3v) is 5.00. The number of hydrogen-bond acceptors (Lipinski definition) is 7. The van der Waals surface area contributed by atoms with Gasteiger partial charge in [0.25, 0.3) is 0 Å². The molecule has 22 heavy (non-hydrogen) atoms. The molecule has 0 aromatic carbocycles. The Morgan fingerprint density at radius 1 is 1.18 bits per heavy atom. The van der Waals surface area contributed by atoms with E-state index in [0.717, 1.165) is 44.3 Å². The van der Waals surface area contributed by atoms with Crippen LogP contribution in [0.25, 0.3) is 0 Å². The molecule has 2 atom stereocenters. The molecule has 3 fully saturated rings. The van der Waals surface area contributed by atoms with Crippen LogP contribution in [0.4, 0.5) is 0 Å². The second-order valence-corrected chi connectivity index (χ2v) is 6.48. The van der Waals surface area contributed by atoms with Crippen molar-refractivity contribution in [3.8, 4) is 0 Å². The van der Waals surface area contributed by atoms with Gasteiger partial charge >= 0.3 is 5.97 Å². The summed E-state index contributed by atoms with van der Waals surface area (Å²) >= 11 is 0. The summed E-state index contributed by atoms with van der Waals surface area (Å²) in [7, 11) is 0. The van der Waals surface area contributed by atoms with Gasteiger partial charge in [0.05, 0.1) is 12.6 Å². The number of ether oxygens (including phenoxy) is 1. The quantitative estimate of drug-likeness (QED) is 0.767. The molecule has 3 heterocycles. The van der Waals surface area contributed by atoms with Crippen LogP contribution in [-0.2, 0) is 9.53 Å². The highest BCUT2D eigenvalue weighted by Crippen LogP contribution is 2.38. The SMILES string of the molecule is C[C@@H](c1nc(C2CC2)no1)N1CCN([C@H]2CCOC2=O)CC1. The molecule has 0 bridgehead atoms. The van der Waals surface area contributed by atoms with E-state index in [1.165, 1.54) is 12.8 Å². The van der Waals surface area contributed by atoms with Gasteiger partial charge in [0.15, 0.2) is 5.82 Å². The lowest BCUT2D eigenvalue weighted by molar-refractivity contribution is -0.143. The van der Waals surface area contributed by atoms with E-state index in [4.69, 9.17) is 9.26 Å². The van der Waals surface area contributed by atoms with Gasteiger partial charge in [-0.3, -0.25) is 14.6 Å². The molecule has 1 aromatic rings. The second kappa shape index (κ2) is 5.62. The molecule has 7 heteroatoms. The van der Waals surface area contributed by atoms with E-state index in [1.807, 2.05) is 0 Å². The minimum atomic E-state index is -0.0625. The Bertz CT molecular complexity index is 549. The van der Waals surface area contributed by atoms with Crippen molar-refractivity contribution in [2.75, 3.05) is 32.8 Å². The molecule has 7 nitrogen and oxygen atoms in total. The Kier molecular flexibility index (Phi) is 3.62. The molecule has 4 rings (SSSR count). The van der Waals surface area contributed by atoms with E-state index in [9.17, 15) is 4.79 Å². The molecule has 0 unspecified atom stereocenters. The summed E-state index contributed by atoms with van der Waals surface area (Å²) in [6.07, 6.45) is 3.19. The molecule has 3 aliphatic rings. The van der Waals surface area contributed by atoms with Crippen LogP contribution in [0.5, 0.6) is 0 Å². The van der Waals surface area contributed by atoms with Crippen LogP contribution in [0, 0.1) is 0 Å². The normalized spacial score (nSPS) is 28.8. The highest BCUT2D eigenvalue weighted by Gasteiger charge is 2.36. The van der Waals surface area contributed by atoms with E-state index < -0.39 is 0 Å². The Hall–Kier alpha value is -1.47. The predicted octanol–water partition coefficient (Wildman–Crippen LogP) is 0.941. The first-order valence-electron chi connectivity index (χ1n) is 8.20. The monoisotopic (exact) mass is 306 g/mol. The third kappa shape index (κ3) is 2.63. The third-order valence-electron chi connectivity index (χ3n) is 5.00. The molecule has 0 radical (unpaired) electrons. The van der Waals surface area contributed by atoms with Crippen molar-refractivity contribution in [2.45, 2.75) is 44.2 Å². The Labute approximate surface area is 129 Å². The van der Waals surface area contributed by atoms with E-state index in [0.29, 0.717) is 12.5 Å². The van der Waals surface area contributed by atoms with Gasteiger partial charge in [0.1, 0.15) is 6.04 Å². The number of esters is 1. The fourth-order valence-corrected chi connectivity index (χ4v) is 3.33. The molecule has 120 valence electrons. The van der Waals surface area contributed by atoms with Crippen LogP contribution in [0.2, 0.25) is 0 Å². The number of cyclic esters (lactones) is 1. The summed E-state index contributed by atoms with van der Waals surface area (Å²) < 4.78 is 10.5. The van der Waals surface area contributed by atoms with Gasteiger partial charge in [-0.05, 0) is 19.8 Å². The Morgan fingerprint density at radius 2 is 1.95 bits per heavy atom. The average molecular weight is 306 g/mol. The zero-order valence-corrected chi connectivity index (χ0v) is 12.9. The first-order chi connectivity index (χ1) is 10.7. The second-order valence-electron chi connectivity index (χ2n) is 6.48. The molecule has 2 saturated heterocycles. The Balaban J connectivity index is 1.35. The van der Waals surface area contributed by atoms with Gasteiger partial charge in [-0.1, -0.05) is 5.16 Å². The number of nitrogens with zero attached hydrogens (tertiary/aromatic N) is 4. The largest absolute Gasteiger partial charge is 0.464 e. The smallest absolute Gasteiger partial charge is 0.323 e. The fourth-order valence-electron chi connectivity index (χ4n) is 3.33. The van der Waals surface area contributed by atoms with Gasteiger partial charge < -0.3 is 9.26 Å². The van der Waals surface area contributed by atoms with Gasteiger partial charge in [-0.2, -0.15) is 4.98 Å². The van der Waals surface area contributed by atoms with Crippen molar-refractivity contribution in [2.24, 2.45) is 0 Å². The molecular formula is C15H22N4O3. The van der Waals surface area contributed by atoms with E-state index in [2.05, 4.69) is 26.9 Å². The highest BCUT2D eigenvalue weighted by atomic mass is 16.5.